The highest BCUT2D eigenvalue weighted by molar-refractivity contribution is 5.33. The lowest BCUT2D eigenvalue weighted by Gasteiger charge is -2.39. The van der Waals surface area contributed by atoms with Crippen LogP contribution in [0.5, 0.6) is 5.75 Å². The Bertz CT molecular complexity index is 628. The maximum atomic E-state index is 14.7. The molecule has 0 N–H and O–H groups in total. The molecule has 2 aliphatic rings. The summed E-state index contributed by atoms with van der Waals surface area (Å²) in [5, 5.41) is 0. The molecule has 2 fully saturated rings. The van der Waals surface area contributed by atoms with Gasteiger partial charge in [-0.3, -0.25) is 0 Å². The summed E-state index contributed by atoms with van der Waals surface area (Å²) in [5.74, 6) is 2.05. The fourth-order valence-electron chi connectivity index (χ4n) is 5.76. The average molecular weight is 407 g/mol. The van der Waals surface area contributed by atoms with E-state index in [0.717, 1.165) is 62.2 Å². The van der Waals surface area contributed by atoms with Crippen LogP contribution in [0.25, 0.3) is 0 Å². The summed E-state index contributed by atoms with van der Waals surface area (Å²) < 4.78 is 34.6. The predicted octanol–water partition coefficient (Wildman–Crippen LogP) is 8.27. The van der Waals surface area contributed by atoms with Gasteiger partial charge in [-0.25, -0.2) is 4.39 Å². The van der Waals surface area contributed by atoms with Gasteiger partial charge in [-0.15, -0.1) is 0 Å². The van der Waals surface area contributed by atoms with Gasteiger partial charge in [0.1, 0.15) is 0 Å². The van der Waals surface area contributed by atoms with Crippen LogP contribution in [0.1, 0.15) is 103 Å². The highest BCUT2D eigenvalue weighted by Crippen LogP contribution is 2.45. The first-order valence-corrected chi connectivity index (χ1v) is 12.2. The maximum Gasteiger partial charge on any atom is 0.200 e. The van der Waals surface area contributed by atoms with Gasteiger partial charge in [0.2, 0.25) is 5.82 Å². The summed E-state index contributed by atoms with van der Waals surface area (Å²) in [6.45, 7) is 7.26. The third-order valence-corrected chi connectivity index (χ3v) is 8.00. The first kappa shape index (κ1) is 22.6. The Balaban J connectivity index is 1.54. The molecule has 0 saturated heterocycles. The molecule has 0 radical (unpaired) electrons. The third-order valence-electron chi connectivity index (χ3n) is 8.00. The van der Waals surface area contributed by atoms with E-state index in [-0.39, 0.29) is 11.7 Å². The minimum Gasteiger partial charge on any atom is -0.490 e. The summed E-state index contributed by atoms with van der Waals surface area (Å²) in [6.07, 6.45) is 13.0. The van der Waals surface area contributed by atoms with Crippen LogP contribution in [-0.4, -0.2) is 6.61 Å². The van der Waals surface area contributed by atoms with Gasteiger partial charge < -0.3 is 4.74 Å². The molecule has 2 aliphatic carbocycles. The van der Waals surface area contributed by atoms with Crippen molar-refractivity contribution in [1.82, 2.24) is 0 Å². The van der Waals surface area contributed by atoms with E-state index in [1.165, 1.54) is 32.1 Å². The minimum atomic E-state index is -0.804. The van der Waals surface area contributed by atoms with Crippen LogP contribution in [-0.2, 0) is 0 Å². The molecule has 3 heteroatoms. The number of unbranched alkanes of at least 4 members (excludes halogenated alkanes) is 1. The van der Waals surface area contributed by atoms with Gasteiger partial charge in [0.05, 0.1) is 6.61 Å². The molecule has 1 aromatic carbocycles. The van der Waals surface area contributed by atoms with Crippen molar-refractivity contribution in [2.45, 2.75) is 97.3 Å². The number of halogens is 2. The molecule has 1 nitrogen and oxygen atoms in total. The largest absolute Gasteiger partial charge is 0.490 e. The Morgan fingerprint density at radius 2 is 1.52 bits per heavy atom. The molecule has 164 valence electrons. The molecule has 2 saturated carbocycles. The van der Waals surface area contributed by atoms with Crippen LogP contribution in [0.4, 0.5) is 8.78 Å². The van der Waals surface area contributed by atoms with Crippen LogP contribution in [0.15, 0.2) is 12.1 Å². The predicted molar refractivity (Wildman–Crippen MR) is 116 cm³/mol. The normalized spacial score (nSPS) is 28.9. The average Bonchev–Trinajstić information content (AvgIpc) is 2.76. The number of benzene rings is 1. The Morgan fingerprint density at radius 3 is 2.10 bits per heavy atom. The molecular weight excluding hydrogens is 366 g/mol. The monoisotopic (exact) mass is 406 g/mol. The topological polar surface area (TPSA) is 9.23 Å². The number of ether oxygens (including phenoxy) is 1. The molecule has 0 heterocycles. The van der Waals surface area contributed by atoms with E-state index in [2.05, 4.69) is 20.8 Å². The van der Waals surface area contributed by atoms with Crippen LogP contribution in [0, 0.1) is 35.3 Å². The molecule has 0 aliphatic heterocycles. The van der Waals surface area contributed by atoms with Gasteiger partial charge in [-0.1, -0.05) is 52.5 Å². The van der Waals surface area contributed by atoms with E-state index in [0.29, 0.717) is 12.2 Å². The van der Waals surface area contributed by atoms with Crippen molar-refractivity contribution >= 4 is 0 Å². The molecular formula is C26H40F2O. The van der Waals surface area contributed by atoms with Gasteiger partial charge in [-0.2, -0.15) is 4.39 Å². The van der Waals surface area contributed by atoms with Gasteiger partial charge >= 0.3 is 0 Å². The third kappa shape index (κ3) is 5.52. The summed E-state index contributed by atoms with van der Waals surface area (Å²) in [6, 6.07) is 3.39. The van der Waals surface area contributed by atoms with Crippen molar-refractivity contribution in [1.29, 1.82) is 0 Å². The molecule has 0 bridgehead atoms. The van der Waals surface area contributed by atoms with Crippen molar-refractivity contribution in [3.8, 4) is 5.75 Å². The smallest absolute Gasteiger partial charge is 0.200 e. The lowest BCUT2D eigenvalue weighted by molar-refractivity contribution is 0.133. The Kier molecular flexibility index (Phi) is 8.38. The van der Waals surface area contributed by atoms with E-state index in [9.17, 15) is 8.78 Å². The lowest BCUT2D eigenvalue weighted by Crippen LogP contribution is -2.28. The van der Waals surface area contributed by atoms with E-state index >= 15 is 0 Å². The first-order valence-electron chi connectivity index (χ1n) is 12.2. The highest BCUT2D eigenvalue weighted by Gasteiger charge is 2.33. The second-order valence-corrected chi connectivity index (χ2v) is 9.64. The summed E-state index contributed by atoms with van der Waals surface area (Å²) in [4.78, 5) is 0. The van der Waals surface area contributed by atoms with E-state index in [1.807, 2.05) is 0 Å². The first-order chi connectivity index (χ1) is 14.0. The van der Waals surface area contributed by atoms with Gasteiger partial charge in [0.15, 0.2) is 11.6 Å². The van der Waals surface area contributed by atoms with Crippen molar-refractivity contribution in [3.63, 3.8) is 0 Å². The Hall–Kier alpha value is -1.12. The van der Waals surface area contributed by atoms with Crippen molar-refractivity contribution in [2.24, 2.45) is 23.7 Å². The summed E-state index contributed by atoms with van der Waals surface area (Å²) in [7, 11) is 0. The van der Waals surface area contributed by atoms with Gasteiger partial charge in [0, 0.05) is 0 Å². The second kappa shape index (κ2) is 10.8. The molecule has 1 aromatic rings. The van der Waals surface area contributed by atoms with Gasteiger partial charge in [-0.05, 0) is 86.2 Å². The zero-order valence-electron chi connectivity index (χ0n) is 18.7. The lowest BCUT2D eigenvalue weighted by atomic mass is 9.66. The number of rotatable bonds is 8. The second-order valence-electron chi connectivity index (χ2n) is 9.64. The number of hydrogen-bond donors (Lipinski definition) is 0. The molecule has 0 aromatic heterocycles. The zero-order valence-corrected chi connectivity index (χ0v) is 18.7. The number of hydrogen-bond acceptors (Lipinski definition) is 1. The zero-order chi connectivity index (χ0) is 20.8. The summed E-state index contributed by atoms with van der Waals surface area (Å²) in [5.41, 5.74) is 0.555. The van der Waals surface area contributed by atoms with Gasteiger partial charge in [0.25, 0.3) is 0 Å². The Labute approximate surface area is 176 Å². The molecule has 1 unspecified atom stereocenters. The fourth-order valence-corrected chi connectivity index (χ4v) is 5.76. The molecule has 3 rings (SSSR count). The Morgan fingerprint density at radius 1 is 0.897 bits per heavy atom. The quantitative estimate of drug-likeness (QED) is 0.395. The maximum absolute atomic E-state index is 14.7. The standard InChI is InChI=1S/C26H40F2O/c1-4-6-17-29-24-16-15-23(25(27)26(24)28)22-13-11-21(12-14-22)18(3)20-9-7-19(5-2)8-10-20/h15-16,18-22H,4-14,17H2,1-3H3/t18?,19?,20?,21-,22-. The molecule has 0 spiro atoms. The van der Waals surface area contributed by atoms with E-state index in [1.54, 1.807) is 12.1 Å². The van der Waals surface area contributed by atoms with E-state index < -0.39 is 11.6 Å². The van der Waals surface area contributed by atoms with Crippen molar-refractivity contribution < 1.29 is 13.5 Å². The van der Waals surface area contributed by atoms with Crippen LogP contribution in [0.3, 0.4) is 0 Å². The summed E-state index contributed by atoms with van der Waals surface area (Å²) >= 11 is 0. The molecule has 1 atom stereocenters. The van der Waals surface area contributed by atoms with E-state index in [4.69, 9.17) is 4.74 Å². The molecule has 0 amide bonds. The van der Waals surface area contributed by atoms with Crippen LogP contribution < -0.4 is 4.74 Å². The van der Waals surface area contributed by atoms with Crippen LogP contribution >= 0.6 is 0 Å². The highest BCUT2D eigenvalue weighted by atomic mass is 19.2. The minimum absolute atomic E-state index is 0.0599. The fraction of sp³-hybridized carbons (Fsp3) is 0.769. The molecule has 29 heavy (non-hydrogen) atoms. The van der Waals surface area contributed by atoms with Crippen LogP contribution in [0.2, 0.25) is 0 Å². The van der Waals surface area contributed by atoms with Crippen molar-refractivity contribution in [2.75, 3.05) is 6.61 Å². The SMILES string of the molecule is CCCCOc1ccc([C@H]2CC[C@H](C(C)C3CCC(CC)CC3)CC2)c(F)c1F. The van der Waals surface area contributed by atoms with Crippen molar-refractivity contribution in [3.05, 3.63) is 29.3 Å².